The van der Waals surface area contributed by atoms with Crippen LogP contribution in [-0.4, -0.2) is 15.5 Å². The first-order valence-electron chi connectivity index (χ1n) is 7.04. The molecule has 120 valence electrons. The number of nitrogens with zero attached hydrogens (tertiary/aromatic N) is 2. The minimum Gasteiger partial charge on any atom is -0.327 e. The number of rotatable bonds is 2. The van der Waals surface area contributed by atoms with Gasteiger partial charge in [-0.1, -0.05) is 13.8 Å². The fourth-order valence-corrected chi connectivity index (χ4v) is 2.85. The summed E-state index contributed by atoms with van der Waals surface area (Å²) < 4.78 is 67.4. The van der Waals surface area contributed by atoms with E-state index in [-0.39, 0.29) is 17.0 Å². The van der Waals surface area contributed by atoms with Crippen molar-refractivity contribution in [2.24, 2.45) is 0 Å². The van der Waals surface area contributed by atoms with Crippen molar-refractivity contribution in [2.45, 2.75) is 50.7 Å². The van der Waals surface area contributed by atoms with Gasteiger partial charge in [-0.15, -0.1) is 0 Å². The zero-order chi connectivity index (χ0) is 16.3. The molecule has 0 aliphatic heterocycles. The van der Waals surface area contributed by atoms with Gasteiger partial charge in [0.2, 0.25) is 0 Å². The quantitative estimate of drug-likeness (QED) is 0.700. The summed E-state index contributed by atoms with van der Waals surface area (Å²) in [7, 11) is 0. The zero-order valence-electron chi connectivity index (χ0n) is 12.1. The predicted molar refractivity (Wildman–Crippen MR) is 72.0 cm³/mol. The molecule has 2 nitrogen and oxygen atoms in total. The average Bonchev–Trinajstić information content (AvgIpc) is 2.76. The number of alkyl halides is 5. The molecule has 0 unspecified atom stereocenters. The monoisotopic (exact) mass is 318 g/mol. The summed E-state index contributed by atoms with van der Waals surface area (Å²) >= 11 is 0. The lowest BCUT2D eigenvalue weighted by Gasteiger charge is -2.36. The van der Waals surface area contributed by atoms with E-state index in [0.29, 0.717) is 5.56 Å². The highest BCUT2D eigenvalue weighted by Crippen LogP contribution is 2.47. The molecule has 3 rings (SSSR count). The minimum atomic E-state index is -4.55. The lowest BCUT2D eigenvalue weighted by atomic mass is 9.87. The highest BCUT2D eigenvalue weighted by molar-refractivity contribution is 5.81. The number of hydrogen-bond acceptors (Lipinski definition) is 1. The summed E-state index contributed by atoms with van der Waals surface area (Å²) in [5, 5.41) is 0. The molecule has 0 amide bonds. The average molecular weight is 318 g/mol. The van der Waals surface area contributed by atoms with E-state index in [0.717, 1.165) is 6.07 Å². The molecule has 1 heterocycles. The third-order valence-corrected chi connectivity index (χ3v) is 4.13. The number of fused-ring (bicyclic) bond motifs is 1. The zero-order valence-corrected chi connectivity index (χ0v) is 12.1. The van der Waals surface area contributed by atoms with Crippen LogP contribution in [-0.2, 0) is 6.18 Å². The van der Waals surface area contributed by atoms with Gasteiger partial charge in [0.1, 0.15) is 0 Å². The number of hydrogen-bond donors (Lipinski definition) is 0. The number of imidazole rings is 1. The maximum absolute atomic E-state index is 13.4. The summed E-state index contributed by atoms with van der Waals surface area (Å²) in [4.78, 5) is 4.00. The van der Waals surface area contributed by atoms with E-state index in [1.54, 1.807) is 19.9 Å². The molecule has 7 heteroatoms. The molecule has 0 N–H and O–H groups in total. The van der Waals surface area contributed by atoms with Gasteiger partial charge in [-0.25, -0.2) is 13.8 Å². The van der Waals surface area contributed by atoms with Gasteiger partial charge in [0.15, 0.2) is 0 Å². The van der Waals surface area contributed by atoms with Gasteiger partial charge in [0, 0.05) is 18.9 Å². The summed E-state index contributed by atoms with van der Waals surface area (Å²) in [6.45, 7) is 3.59. The van der Waals surface area contributed by atoms with E-state index >= 15 is 0 Å². The Kier molecular flexibility index (Phi) is 3.23. The Morgan fingerprint density at radius 2 is 1.86 bits per heavy atom. The van der Waals surface area contributed by atoms with Gasteiger partial charge in [-0.3, -0.25) is 0 Å². The first-order chi connectivity index (χ1) is 10.1. The van der Waals surface area contributed by atoms with Crippen LogP contribution in [0.15, 0.2) is 18.5 Å². The van der Waals surface area contributed by atoms with Crippen molar-refractivity contribution in [2.75, 3.05) is 0 Å². The molecule has 0 spiro atoms. The first kappa shape index (κ1) is 15.2. The number of benzene rings is 1. The number of halogens is 5. The van der Waals surface area contributed by atoms with E-state index < -0.39 is 36.5 Å². The lowest BCUT2D eigenvalue weighted by molar-refractivity contribution is -0.136. The molecule has 0 saturated heterocycles. The topological polar surface area (TPSA) is 17.8 Å². The van der Waals surface area contributed by atoms with Crippen LogP contribution in [0.5, 0.6) is 0 Å². The molecular formula is C15H15F5N2. The molecule has 2 aromatic rings. The molecular weight excluding hydrogens is 303 g/mol. The van der Waals surface area contributed by atoms with Gasteiger partial charge in [0.25, 0.3) is 5.92 Å². The van der Waals surface area contributed by atoms with Gasteiger partial charge >= 0.3 is 6.18 Å². The molecule has 0 bridgehead atoms. The van der Waals surface area contributed by atoms with Crippen molar-refractivity contribution >= 4 is 11.0 Å². The second-order valence-corrected chi connectivity index (χ2v) is 6.16. The van der Waals surface area contributed by atoms with Crippen LogP contribution in [0.4, 0.5) is 22.0 Å². The van der Waals surface area contributed by atoms with Gasteiger partial charge < -0.3 is 4.57 Å². The maximum atomic E-state index is 13.4. The highest BCUT2D eigenvalue weighted by atomic mass is 19.4. The van der Waals surface area contributed by atoms with Gasteiger partial charge in [-0.05, 0) is 23.6 Å². The molecule has 1 saturated carbocycles. The van der Waals surface area contributed by atoms with E-state index in [1.165, 1.54) is 10.9 Å². The summed E-state index contributed by atoms with van der Waals surface area (Å²) in [5.74, 6) is -2.87. The smallest absolute Gasteiger partial charge is 0.327 e. The molecule has 1 aromatic carbocycles. The van der Waals surface area contributed by atoms with Crippen molar-refractivity contribution in [3.8, 4) is 0 Å². The SMILES string of the molecule is CC(C)c1cc(C(F)(F)F)c2c(c1)ncn2C1CC(F)(F)C1. The van der Waals surface area contributed by atoms with Crippen molar-refractivity contribution in [3.63, 3.8) is 0 Å². The van der Waals surface area contributed by atoms with Crippen LogP contribution < -0.4 is 0 Å². The van der Waals surface area contributed by atoms with Crippen LogP contribution in [0.3, 0.4) is 0 Å². The Morgan fingerprint density at radius 3 is 2.36 bits per heavy atom. The molecule has 1 aliphatic rings. The fourth-order valence-electron chi connectivity index (χ4n) is 2.85. The molecule has 0 atom stereocenters. The molecule has 1 aromatic heterocycles. The molecule has 1 fully saturated rings. The van der Waals surface area contributed by atoms with E-state index in [1.807, 2.05) is 0 Å². The normalized spacial score (nSPS) is 18.9. The summed E-state index contributed by atoms with van der Waals surface area (Å²) in [6.07, 6.45) is -4.19. The van der Waals surface area contributed by atoms with E-state index in [9.17, 15) is 22.0 Å². The Bertz CT molecular complexity index is 707. The molecule has 0 radical (unpaired) electrons. The van der Waals surface area contributed by atoms with Crippen molar-refractivity contribution in [1.82, 2.24) is 9.55 Å². The highest BCUT2D eigenvalue weighted by Gasteiger charge is 2.47. The third kappa shape index (κ3) is 2.46. The largest absolute Gasteiger partial charge is 0.418 e. The number of aromatic nitrogens is 2. The first-order valence-corrected chi connectivity index (χ1v) is 7.04. The van der Waals surface area contributed by atoms with Gasteiger partial charge in [0.05, 0.1) is 22.9 Å². The summed E-state index contributed by atoms with van der Waals surface area (Å²) in [6, 6.07) is 2.07. The van der Waals surface area contributed by atoms with E-state index in [2.05, 4.69) is 4.98 Å². The fraction of sp³-hybridized carbons (Fsp3) is 0.533. The summed E-state index contributed by atoms with van der Waals surface area (Å²) in [5.41, 5.74) is -0.170. The third-order valence-electron chi connectivity index (χ3n) is 4.13. The molecule has 1 aliphatic carbocycles. The predicted octanol–water partition coefficient (Wildman–Crippen LogP) is 5.15. The van der Waals surface area contributed by atoms with Crippen LogP contribution in [0.1, 0.15) is 49.8 Å². The lowest BCUT2D eigenvalue weighted by Crippen LogP contribution is -2.37. The standard InChI is InChI=1S/C15H15F5N2/c1-8(2)9-3-11(15(18,19)20)13-12(4-9)21-7-22(13)10-5-14(16,17)6-10/h3-4,7-8,10H,5-6H2,1-2H3. The second-order valence-electron chi connectivity index (χ2n) is 6.16. The van der Waals surface area contributed by atoms with Crippen LogP contribution >= 0.6 is 0 Å². The second kappa shape index (κ2) is 4.67. The van der Waals surface area contributed by atoms with Crippen molar-refractivity contribution in [1.29, 1.82) is 0 Å². The van der Waals surface area contributed by atoms with Gasteiger partial charge in [-0.2, -0.15) is 13.2 Å². The molecule has 22 heavy (non-hydrogen) atoms. The maximum Gasteiger partial charge on any atom is 0.418 e. The van der Waals surface area contributed by atoms with Crippen molar-refractivity contribution in [3.05, 3.63) is 29.6 Å². The Morgan fingerprint density at radius 1 is 1.23 bits per heavy atom. The minimum absolute atomic E-state index is 0.0799. The van der Waals surface area contributed by atoms with E-state index in [4.69, 9.17) is 0 Å². The van der Waals surface area contributed by atoms with Crippen LogP contribution in [0, 0.1) is 0 Å². The Labute approximate surface area is 123 Å². The Hall–Kier alpha value is -1.66. The Balaban J connectivity index is 2.17. The van der Waals surface area contributed by atoms with Crippen LogP contribution in [0.25, 0.3) is 11.0 Å². The van der Waals surface area contributed by atoms with Crippen molar-refractivity contribution < 1.29 is 22.0 Å². The van der Waals surface area contributed by atoms with Crippen LogP contribution in [0.2, 0.25) is 0 Å².